The van der Waals surface area contributed by atoms with Gasteiger partial charge in [-0.05, 0) is 37.7 Å². The summed E-state index contributed by atoms with van der Waals surface area (Å²) in [6, 6.07) is 1.24. The minimum absolute atomic E-state index is 0.159. The van der Waals surface area contributed by atoms with Crippen molar-refractivity contribution in [1.82, 2.24) is 15.1 Å². The number of hydrogen-bond acceptors (Lipinski definition) is 4. The van der Waals surface area contributed by atoms with Crippen molar-refractivity contribution >= 4 is 5.91 Å². The number of aliphatic hydroxyl groups is 2. The molecule has 0 aliphatic heterocycles. The van der Waals surface area contributed by atoms with Crippen molar-refractivity contribution < 1.29 is 15.0 Å². The quantitative estimate of drug-likeness (QED) is 0.734. The van der Waals surface area contributed by atoms with Crippen LogP contribution in [0.15, 0.2) is 6.07 Å². The Bertz CT molecular complexity index is 574. The first-order valence-corrected chi connectivity index (χ1v) is 9.74. The largest absolute Gasteiger partial charge is 0.394 e. The predicted molar refractivity (Wildman–Crippen MR) is 95.3 cm³/mol. The molecule has 2 saturated carbocycles. The summed E-state index contributed by atoms with van der Waals surface area (Å²) in [6.45, 7) is -0.253. The number of carbonyl (C=O) groups is 1. The van der Waals surface area contributed by atoms with Gasteiger partial charge >= 0.3 is 0 Å². The van der Waals surface area contributed by atoms with Crippen molar-refractivity contribution in [2.24, 2.45) is 13.0 Å². The molecule has 3 rings (SSSR count). The lowest BCUT2D eigenvalue weighted by molar-refractivity contribution is 0.0276. The van der Waals surface area contributed by atoms with Crippen LogP contribution in [0.5, 0.6) is 0 Å². The van der Waals surface area contributed by atoms with Crippen LogP contribution in [0.3, 0.4) is 0 Å². The van der Waals surface area contributed by atoms with Crippen molar-refractivity contribution in [3.05, 3.63) is 17.5 Å². The number of aryl methyl sites for hydroxylation is 1. The molecule has 25 heavy (non-hydrogen) atoms. The molecule has 6 nitrogen and oxygen atoms in total. The van der Waals surface area contributed by atoms with E-state index in [-0.39, 0.29) is 18.4 Å². The van der Waals surface area contributed by atoms with E-state index < -0.39 is 12.1 Å². The Morgan fingerprint density at radius 1 is 1.24 bits per heavy atom. The Labute approximate surface area is 149 Å². The molecule has 0 radical (unpaired) electrons. The van der Waals surface area contributed by atoms with E-state index in [0.29, 0.717) is 11.6 Å². The molecule has 2 fully saturated rings. The molecule has 0 bridgehead atoms. The van der Waals surface area contributed by atoms with Gasteiger partial charge in [0.1, 0.15) is 5.69 Å². The fourth-order valence-electron chi connectivity index (χ4n) is 4.41. The van der Waals surface area contributed by atoms with Crippen LogP contribution in [0.4, 0.5) is 0 Å². The molecular weight excluding hydrogens is 318 g/mol. The summed E-state index contributed by atoms with van der Waals surface area (Å²) >= 11 is 0. The Hall–Kier alpha value is -1.40. The maximum Gasteiger partial charge on any atom is 0.269 e. The van der Waals surface area contributed by atoms with Gasteiger partial charge in [-0.25, -0.2) is 0 Å². The standard InChI is InChI=1S/C19H31N3O3/c1-22-17(11-15(21-22)13-7-5-6-8-13)19(25)20-16(12-23)18(24)14-9-3-2-4-10-14/h11,13-14,16,18,23-24H,2-10,12H2,1H3,(H,20,25). The van der Waals surface area contributed by atoms with E-state index in [2.05, 4.69) is 10.4 Å². The second-order valence-corrected chi connectivity index (χ2v) is 7.71. The normalized spacial score (nSPS) is 22.0. The molecule has 0 saturated heterocycles. The summed E-state index contributed by atoms with van der Waals surface area (Å²) in [6.07, 6.45) is 9.38. The first kappa shape index (κ1) is 18.4. The van der Waals surface area contributed by atoms with Crippen LogP contribution in [-0.2, 0) is 7.05 Å². The lowest BCUT2D eigenvalue weighted by Gasteiger charge is -2.31. The first-order chi connectivity index (χ1) is 12.1. The van der Waals surface area contributed by atoms with Gasteiger partial charge in [-0.3, -0.25) is 9.48 Å². The zero-order valence-electron chi connectivity index (χ0n) is 15.2. The highest BCUT2D eigenvalue weighted by molar-refractivity contribution is 5.93. The van der Waals surface area contributed by atoms with E-state index in [1.807, 2.05) is 6.07 Å². The van der Waals surface area contributed by atoms with E-state index in [1.54, 1.807) is 11.7 Å². The second-order valence-electron chi connectivity index (χ2n) is 7.71. The van der Waals surface area contributed by atoms with Crippen LogP contribution in [0.2, 0.25) is 0 Å². The van der Waals surface area contributed by atoms with Crippen LogP contribution < -0.4 is 5.32 Å². The summed E-state index contributed by atoms with van der Waals surface area (Å²) in [5, 5.41) is 27.6. The minimum Gasteiger partial charge on any atom is -0.394 e. The maximum absolute atomic E-state index is 12.7. The Morgan fingerprint density at radius 2 is 1.88 bits per heavy atom. The second kappa shape index (κ2) is 8.32. The van der Waals surface area contributed by atoms with Crippen molar-refractivity contribution in [1.29, 1.82) is 0 Å². The van der Waals surface area contributed by atoms with Gasteiger partial charge in [0.15, 0.2) is 0 Å². The van der Waals surface area contributed by atoms with Gasteiger partial charge in [0.25, 0.3) is 5.91 Å². The van der Waals surface area contributed by atoms with E-state index in [0.717, 1.165) is 44.2 Å². The molecular formula is C19H31N3O3. The third-order valence-electron chi connectivity index (χ3n) is 5.96. The molecule has 0 spiro atoms. The molecule has 0 aromatic carbocycles. The predicted octanol–water partition coefficient (Wildman–Crippen LogP) is 2.11. The van der Waals surface area contributed by atoms with E-state index in [4.69, 9.17) is 0 Å². The van der Waals surface area contributed by atoms with Crippen LogP contribution in [-0.4, -0.2) is 44.7 Å². The molecule has 1 heterocycles. The number of aliphatic hydroxyl groups excluding tert-OH is 2. The number of nitrogens with zero attached hydrogens (tertiary/aromatic N) is 2. The van der Waals surface area contributed by atoms with Gasteiger partial charge in [-0.2, -0.15) is 5.10 Å². The lowest BCUT2D eigenvalue weighted by atomic mass is 9.83. The zero-order valence-corrected chi connectivity index (χ0v) is 15.2. The molecule has 3 N–H and O–H groups in total. The number of amides is 1. The van der Waals surface area contributed by atoms with Gasteiger partial charge in [0.05, 0.1) is 24.4 Å². The molecule has 140 valence electrons. The first-order valence-electron chi connectivity index (χ1n) is 9.74. The number of nitrogens with one attached hydrogen (secondary N) is 1. The SMILES string of the molecule is Cn1nc(C2CCCC2)cc1C(=O)NC(CO)C(O)C1CCCCC1. The molecule has 2 aliphatic carbocycles. The molecule has 2 aliphatic rings. The summed E-state index contributed by atoms with van der Waals surface area (Å²) in [4.78, 5) is 12.7. The molecule has 2 unspecified atom stereocenters. The van der Waals surface area contributed by atoms with Crippen LogP contribution in [0.1, 0.15) is 79.9 Å². The Balaban J connectivity index is 1.65. The summed E-state index contributed by atoms with van der Waals surface area (Å²) in [7, 11) is 1.78. The summed E-state index contributed by atoms with van der Waals surface area (Å²) in [5.41, 5.74) is 1.48. The third kappa shape index (κ3) is 4.23. The molecule has 6 heteroatoms. The zero-order chi connectivity index (χ0) is 17.8. The van der Waals surface area contributed by atoms with Gasteiger partial charge in [-0.15, -0.1) is 0 Å². The highest BCUT2D eigenvalue weighted by Gasteiger charge is 2.31. The summed E-state index contributed by atoms with van der Waals surface area (Å²) in [5.74, 6) is 0.342. The smallest absolute Gasteiger partial charge is 0.269 e. The van der Waals surface area contributed by atoms with Crippen LogP contribution in [0.25, 0.3) is 0 Å². The lowest BCUT2D eigenvalue weighted by Crippen LogP contribution is -2.49. The number of rotatable bonds is 6. The minimum atomic E-state index is -0.697. The fraction of sp³-hybridized carbons (Fsp3) is 0.789. The number of aromatic nitrogens is 2. The van der Waals surface area contributed by atoms with E-state index >= 15 is 0 Å². The van der Waals surface area contributed by atoms with Gasteiger partial charge in [0, 0.05) is 13.0 Å². The van der Waals surface area contributed by atoms with Gasteiger partial charge in [-0.1, -0.05) is 32.1 Å². The molecule has 2 atom stereocenters. The Kier molecular flexibility index (Phi) is 6.12. The van der Waals surface area contributed by atoms with Crippen LogP contribution in [0, 0.1) is 5.92 Å². The van der Waals surface area contributed by atoms with Crippen LogP contribution >= 0.6 is 0 Å². The van der Waals surface area contributed by atoms with Crippen molar-refractivity contribution in [3.63, 3.8) is 0 Å². The van der Waals surface area contributed by atoms with E-state index in [1.165, 1.54) is 19.3 Å². The molecule has 1 aromatic heterocycles. The summed E-state index contributed by atoms with van der Waals surface area (Å²) < 4.78 is 1.62. The molecule has 1 aromatic rings. The van der Waals surface area contributed by atoms with Crippen molar-refractivity contribution in [2.45, 2.75) is 75.9 Å². The average molecular weight is 349 g/mol. The highest BCUT2D eigenvalue weighted by atomic mass is 16.3. The van der Waals surface area contributed by atoms with Crippen molar-refractivity contribution in [3.8, 4) is 0 Å². The van der Waals surface area contributed by atoms with E-state index in [9.17, 15) is 15.0 Å². The number of carbonyl (C=O) groups excluding carboxylic acids is 1. The van der Waals surface area contributed by atoms with Gasteiger partial charge < -0.3 is 15.5 Å². The van der Waals surface area contributed by atoms with Crippen molar-refractivity contribution in [2.75, 3.05) is 6.61 Å². The highest BCUT2D eigenvalue weighted by Crippen LogP contribution is 2.33. The third-order valence-corrected chi connectivity index (χ3v) is 5.96. The topological polar surface area (TPSA) is 87.4 Å². The monoisotopic (exact) mass is 349 g/mol. The van der Waals surface area contributed by atoms with Gasteiger partial charge in [0.2, 0.25) is 0 Å². The molecule has 1 amide bonds. The average Bonchev–Trinajstić information content (AvgIpc) is 3.29. The maximum atomic E-state index is 12.7. The Morgan fingerprint density at radius 3 is 2.52 bits per heavy atom. The number of hydrogen-bond donors (Lipinski definition) is 3. The fourth-order valence-corrected chi connectivity index (χ4v) is 4.41.